The first kappa shape index (κ1) is 28.8. The number of benzene rings is 9. The van der Waals surface area contributed by atoms with Crippen molar-refractivity contribution in [2.75, 3.05) is 9.80 Å². The molecular formula is C58H44BN3. The van der Waals surface area contributed by atoms with Gasteiger partial charge in [-0.05, 0) is 116 Å². The molecular weight excluding hydrogens is 749 g/mol. The minimum atomic E-state index is -0.473. The summed E-state index contributed by atoms with van der Waals surface area (Å²) in [5.74, 6) is 0. The van der Waals surface area contributed by atoms with Gasteiger partial charge in [0.05, 0.1) is 22.0 Å². The Hall–Kier alpha value is -7.56. The lowest BCUT2D eigenvalue weighted by Crippen LogP contribution is -2.61. The summed E-state index contributed by atoms with van der Waals surface area (Å²) in [4.78, 5) is 4.69. The van der Waals surface area contributed by atoms with Crippen molar-refractivity contribution in [3.05, 3.63) is 218 Å². The van der Waals surface area contributed by atoms with Crippen LogP contribution in [-0.4, -0.2) is 11.3 Å². The quantitative estimate of drug-likeness (QED) is 0.161. The summed E-state index contributed by atoms with van der Waals surface area (Å²) in [5.41, 5.74) is 15.0. The molecule has 9 aromatic carbocycles. The Morgan fingerprint density at radius 2 is 0.871 bits per heavy atom. The third kappa shape index (κ3) is 5.67. The van der Waals surface area contributed by atoms with E-state index < -0.39 is 24.2 Å². The van der Waals surface area contributed by atoms with Gasteiger partial charge in [-0.15, -0.1) is 0 Å². The molecule has 0 radical (unpaired) electrons. The zero-order valence-electron chi connectivity index (χ0n) is 42.5. The van der Waals surface area contributed by atoms with Crippen LogP contribution in [0.4, 0.5) is 34.1 Å². The highest BCUT2D eigenvalue weighted by atomic mass is 15.2. The van der Waals surface area contributed by atoms with Crippen LogP contribution < -0.4 is 26.2 Å². The van der Waals surface area contributed by atoms with Crippen molar-refractivity contribution < 1.29 is 11.0 Å². The second-order valence-corrected chi connectivity index (χ2v) is 17.2. The van der Waals surface area contributed by atoms with E-state index in [1.165, 1.54) is 0 Å². The molecule has 2 aliphatic rings. The Morgan fingerprint density at radius 1 is 0.419 bits per heavy atom. The maximum atomic E-state index is 9.31. The maximum Gasteiger partial charge on any atom is 0.252 e. The number of nitrogens with zero attached hydrogens (tertiary/aromatic N) is 3. The molecule has 0 spiro atoms. The first-order valence-electron chi connectivity index (χ1n) is 25.1. The molecule has 294 valence electrons. The smallest absolute Gasteiger partial charge is 0.252 e. The molecule has 62 heavy (non-hydrogen) atoms. The minimum Gasteiger partial charge on any atom is -0.311 e. The van der Waals surface area contributed by atoms with E-state index in [4.69, 9.17) is 8.22 Å². The van der Waals surface area contributed by atoms with Gasteiger partial charge >= 0.3 is 0 Å². The first-order chi connectivity index (χ1) is 33.7. The molecule has 0 fully saturated rings. The molecule has 0 saturated carbocycles. The van der Waals surface area contributed by atoms with Crippen molar-refractivity contribution in [3.63, 3.8) is 0 Å². The molecule has 4 heteroatoms. The van der Waals surface area contributed by atoms with Crippen molar-refractivity contribution in [1.29, 1.82) is 0 Å². The Labute approximate surface area is 375 Å². The number of fused-ring (bicyclic) bond motifs is 7. The van der Waals surface area contributed by atoms with Gasteiger partial charge in [-0.1, -0.05) is 166 Å². The Bertz CT molecular complexity index is 3720. The van der Waals surface area contributed by atoms with E-state index in [1.54, 1.807) is 4.57 Å². The van der Waals surface area contributed by atoms with Crippen LogP contribution in [0.5, 0.6) is 0 Å². The van der Waals surface area contributed by atoms with Crippen molar-refractivity contribution in [2.45, 2.75) is 26.2 Å². The molecule has 0 bridgehead atoms. The van der Waals surface area contributed by atoms with Crippen LogP contribution in [-0.2, 0) is 5.41 Å². The molecule has 1 aromatic heterocycles. The second-order valence-electron chi connectivity index (χ2n) is 17.2. The molecule has 0 amide bonds. The van der Waals surface area contributed by atoms with Crippen molar-refractivity contribution in [3.8, 4) is 27.9 Å². The summed E-state index contributed by atoms with van der Waals surface area (Å²) in [5, 5.41) is 0.0870. The summed E-state index contributed by atoms with van der Waals surface area (Å²) in [6, 6.07) is 54.0. The van der Waals surface area contributed by atoms with Crippen LogP contribution in [0.15, 0.2) is 212 Å². The van der Waals surface area contributed by atoms with E-state index in [9.17, 15) is 2.74 Å². The van der Waals surface area contributed by atoms with E-state index in [0.29, 0.717) is 5.69 Å². The summed E-state index contributed by atoms with van der Waals surface area (Å²) < 4.78 is 73.4. The number of hydrogen-bond acceptors (Lipinski definition) is 2. The lowest BCUT2D eigenvalue weighted by atomic mass is 9.33. The van der Waals surface area contributed by atoms with Crippen LogP contribution >= 0.6 is 0 Å². The number of para-hydroxylation sites is 3. The standard InChI is InChI=1S/C58H44BN3/c1-58(2,3)43-36-55-57-56(37-43)61(45-32-28-42(29-33-45)40-18-8-5-9-19-40)54-38-46(62-51-23-13-10-20-47(51)48-21-11-14-24-52(48)62)34-35-50(54)59(57)49-22-12-15-25-53(49)60(55)44-30-26-41(27-31-44)39-16-6-4-7-17-39/h4-38H,1-3H3/i10D,11D,13D,14D,20D,21D,23D,24D. The summed E-state index contributed by atoms with van der Waals surface area (Å²) in [7, 11) is 0. The molecule has 12 rings (SSSR count). The van der Waals surface area contributed by atoms with E-state index in [1.807, 2.05) is 36.4 Å². The van der Waals surface area contributed by atoms with E-state index >= 15 is 0 Å². The molecule has 0 atom stereocenters. The molecule has 0 N–H and O–H groups in total. The number of hydrogen-bond donors (Lipinski definition) is 0. The normalized spacial score (nSPS) is 14.8. The van der Waals surface area contributed by atoms with Gasteiger partial charge in [0.1, 0.15) is 0 Å². The lowest BCUT2D eigenvalue weighted by Gasteiger charge is -2.45. The predicted octanol–water partition coefficient (Wildman–Crippen LogP) is 13.5. The fraction of sp³-hybridized carbons (Fsp3) is 0.0690. The van der Waals surface area contributed by atoms with Gasteiger partial charge in [-0.3, -0.25) is 0 Å². The van der Waals surface area contributed by atoms with E-state index in [-0.39, 0.29) is 58.1 Å². The van der Waals surface area contributed by atoms with Crippen LogP contribution in [0.3, 0.4) is 0 Å². The highest BCUT2D eigenvalue weighted by molar-refractivity contribution is 7.00. The molecule has 10 aromatic rings. The van der Waals surface area contributed by atoms with Gasteiger partial charge in [-0.2, -0.15) is 0 Å². The van der Waals surface area contributed by atoms with Crippen LogP contribution in [0.1, 0.15) is 37.3 Å². The molecule has 2 aliphatic heterocycles. The van der Waals surface area contributed by atoms with Crippen molar-refractivity contribution in [1.82, 2.24) is 4.57 Å². The summed E-state index contributed by atoms with van der Waals surface area (Å²) in [6.07, 6.45) is 0. The Morgan fingerprint density at radius 3 is 1.42 bits per heavy atom. The highest BCUT2D eigenvalue weighted by Gasteiger charge is 2.44. The fourth-order valence-corrected chi connectivity index (χ4v) is 9.61. The average molecular weight is 802 g/mol. The van der Waals surface area contributed by atoms with Gasteiger partial charge in [0.15, 0.2) is 0 Å². The van der Waals surface area contributed by atoms with Crippen LogP contribution in [0.2, 0.25) is 0 Å². The highest BCUT2D eigenvalue weighted by Crippen LogP contribution is 2.47. The SMILES string of the molecule is [2H]c1c([2H])c([2H])c2c(c1[2H])c1c([2H])c([2H])c([2H])c([2H])c1n2-c1ccc2c(c1)N(c1ccc(-c3ccccc3)cc1)c1cc(C(C)(C)C)cc3c1B2c1ccccc1N3c1ccc(-c2ccccc2)cc1. The average Bonchev–Trinajstić information content (AvgIpc) is 3.75. The summed E-state index contributed by atoms with van der Waals surface area (Å²) >= 11 is 0. The first-order valence-corrected chi connectivity index (χ1v) is 21.1. The Balaban J connectivity index is 1.17. The number of rotatable bonds is 5. The Kier molecular flexibility index (Phi) is 6.51. The van der Waals surface area contributed by atoms with Gasteiger partial charge in [-0.25, -0.2) is 0 Å². The second kappa shape index (κ2) is 14.0. The summed E-state index contributed by atoms with van der Waals surface area (Å²) in [6.45, 7) is 6.45. The number of aromatic nitrogens is 1. The predicted molar refractivity (Wildman–Crippen MR) is 264 cm³/mol. The van der Waals surface area contributed by atoms with Gasteiger partial charge in [0, 0.05) is 50.6 Å². The van der Waals surface area contributed by atoms with Crippen LogP contribution in [0.25, 0.3) is 49.7 Å². The topological polar surface area (TPSA) is 11.4 Å². The largest absolute Gasteiger partial charge is 0.311 e. The molecule has 3 heterocycles. The van der Waals surface area contributed by atoms with E-state index in [0.717, 1.165) is 78.3 Å². The third-order valence-corrected chi connectivity index (χ3v) is 12.6. The molecule has 3 nitrogen and oxygen atoms in total. The maximum absolute atomic E-state index is 9.31. The van der Waals surface area contributed by atoms with Gasteiger partial charge in [0.2, 0.25) is 0 Å². The molecule has 0 unspecified atom stereocenters. The fourth-order valence-electron chi connectivity index (χ4n) is 9.61. The number of anilines is 6. The monoisotopic (exact) mass is 801 g/mol. The van der Waals surface area contributed by atoms with Gasteiger partial charge in [0.25, 0.3) is 6.71 Å². The van der Waals surface area contributed by atoms with Crippen LogP contribution in [0, 0.1) is 0 Å². The van der Waals surface area contributed by atoms with E-state index in [2.05, 4.69) is 158 Å². The van der Waals surface area contributed by atoms with Crippen molar-refractivity contribution >= 4 is 79.0 Å². The third-order valence-electron chi connectivity index (χ3n) is 12.6. The zero-order valence-corrected chi connectivity index (χ0v) is 34.5. The molecule has 0 aliphatic carbocycles. The van der Waals surface area contributed by atoms with Crippen molar-refractivity contribution in [2.24, 2.45) is 0 Å². The minimum absolute atomic E-state index is 0.0435. The van der Waals surface area contributed by atoms with Gasteiger partial charge < -0.3 is 14.4 Å². The zero-order chi connectivity index (χ0) is 48.5. The lowest BCUT2D eigenvalue weighted by molar-refractivity contribution is 0.590. The molecule has 0 saturated heterocycles.